The van der Waals surface area contributed by atoms with E-state index in [1.54, 1.807) is 7.11 Å². The summed E-state index contributed by atoms with van der Waals surface area (Å²) >= 11 is 0. The van der Waals surface area contributed by atoms with Crippen LogP contribution in [-0.2, 0) is 4.79 Å². The molecule has 1 fully saturated rings. The normalized spacial score (nSPS) is 20.7. The van der Waals surface area contributed by atoms with Gasteiger partial charge in [-0.1, -0.05) is 33.3 Å². The first-order valence-electron chi connectivity index (χ1n) is 8.50. The Balaban J connectivity index is 2.18. The molecule has 0 aliphatic heterocycles. The van der Waals surface area contributed by atoms with E-state index in [0.29, 0.717) is 12.3 Å². The highest BCUT2D eigenvalue weighted by Gasteiger charge is 2.33. The Morgan fingerprint density at radius 3 is 2.78 bits per heavy atom. The maximum Gasteiger partial charge on any atom is 0.160 e. The number of aryl methyl sites for hydroxylation is 1. The summed E-state index contributed by atoms with van der Waals surface area (Å²) in [5, 5.41) is 3.29. The highest BCUT2D eigenvalue weighted by Crippen LogP contribution is 2.41. The zero-order chi connectivity index (χ0) is 17.0. The molecule has 0 spiro atoms. The molecule has 126 valence electrons. The first kappa shape index (κ1) is 17.6. The number of benzene rings is 1. The predicted molar refractivity (Wildman–Crippen MR) is 95.9 cm³/mol. The second kappa shape index (κ2) is 7.20. The molecule has 2 rings (SSSR count). The number of nitrogens with one attached hydrogen (secondary N) is 1. The summed E-state index contributed by atoms with van der Waals surface area (Å²) in [5.41, 5.74) is 3.25. The van der Waals surface area contributed by atoms with E-state index in [1.807, 2.05) is 31.3 Å². The average molecular weight is 315 g/mol. The third-order valence-corrected chi connectivity index (χ3v) is 5.32. The van der Waals surface area contributed by atoms with Gasteiger partial charge < -0.3 is 10.1 Å². The summed E-state index contributed by atoms with van der Waals surface area (Å²) in [6, 6.07) is 6.00. The summed E-state index contributed by atoms with van der Waals surface area (Å²) in [4.78, 5) is 12.3. The second-order valence-electron chi connectivity index (χ2n) is 7.22. The summed E-state index contributed by atoms with van der Waals surface area (Å²) in [5.74, 6) is 1.63. The number of rotatable bonds is 5. The molecule has 0 saturated heterocycles. The molecule has 3 nitrogen and oxygen atoms in total. The third kappa shape index (κ3) is 4.15. The van der Waals surface area contributed by atoms with E-state index in [4.69, 9.17) is 4.74 Å². The predicted octanol–water partition coefficient (Wildman–Crippen LogP) is 5.10. The van der Waals surface area contributed by atoms with Crippen LogP contribution in [0.15, 0.2) is 30.0 Å². The lowest BCUT2D eigenvalue weighted by Crippen LogP contribution is -2.29. The standard InChI is InChI=1S/C20H29NO2/c1-6-20(3,4)16-8-9-18(22)15(12-16)13-21-17-11-14(2)7-10-19(17)23-5/h7,10-11,13,16,21H,6,8-9,12H2,1-5H3/b15-13+/t16-/m1/s1. The first-order chi connectivity index (χ1) is 10.9. The van der Waals surface area contributed by atoms with E-state index < -0.39 is 0 Å². The maximum absolute atomic E-state index is 12.3. The van der Waals surface area contributed by atoms with E-state index in [-0.39, 0.29) is 11.2 Å². The van der Waals surface area contributed by atoms with E-state index in [2.05, 4.69) is 26.1 Å². The van der Waals surface area contributed by atoms with Gasteiger partial charge in [0.15, 0.2) is 5.78 Å². The van der Waals surface area contributed by atoms with Gasteiger partial charge in [-0.3, -0.25) is 4.79 Å². The van der Waals surface area contributed by atoms with Crippen molar-refractivity contribution in [3.63, 3.8) is 0 Å². The Labute approximate surface area is 140 Å². The van der Waals surface area contributed by atoms with Crippen LogP contribution in [0.1, 0.15) is 52.0 Å². The fourth-order valence-electron chi connectivity index (χ4n) is 3.14. The lowest BCUT2D eigenvalue weighted by atomic mass is 9.68. The Morgan fingerprint density at radius 1 is 1.39 bits per heavy atom. The van der Waals surface area contributed by atoms with Crippen LogP contribution in [0.5, 0.6) is 5.75 Å². The molecule has 1 N–H and O–H groups in total. The number of carbonyl (C=O) groups is 1. The molecular weight excluding hydrogens is 286 g/mol. The third-order valence-electron chi connectivity index (χ3n) is 5.32. The van der Waals surface area contributed by atoms with Crippen molar-refractivity contribution in [2.45, 2.75) is 53.4 Å². The van der Waals surface area contributed by atoms with E-state index in [1.165, 1.54) is 0 Å². The zero-order valence-electron chi connectivity index (χ0n) is 15.0. The minimum absolute atomic E-state index is 0.271. The highest BCUT2D eigenvalue weighted by molar-refractivity contribution is 5.96. The van der Waals surface area contributed by atoms with Gasteiger partial charge >= 0.3 is 0 Å². The van der Waals surface area contributed by atoms with Gasteiger partial charge in [0.25, 0.3) is 0 Å². The van der Waals surface area contributed by atoms with E-state index >= 15 is 0 Å². The molecule has 0 heterocycles. The van der Waals surface area contributed by atoms with Gasteiger partial charge in [-0.15, -0.1) is 0 Å². The lowest BCUT2D eigenvalue weighted by Gasteiger charge is -2.36. The number of methoxy groups -OCH3 is 1. The molecule has 1 aliphatic rings. The van der Waals surface area contributed by atoms with Crippen molar-refractivity contribution in [1.82, 2.24) is 0 Å². The van der Waals surface area contributed by atoms with Gasteiger partial charge in [-0.2, -0.15) is 0 Å². The lowest BCUT2D eigenvalue weighted by molar-refractivity contribution is -0.117. The van der Waals surface area contributed by atoms with Gasteiger partial charge in [0.1, 0.15) is 5.75 Å². The van der Waals surface area contributed by atoms with Crippen LogP contribution in [0.25, 0.3) is 0 Å². The number of hydrogen-bond donors (Lipinski definition) is 1. The topological polar surface area (TPSA) is 38.3 Å². The van der Waals surface area contributed by atoms with Gasteiger partial charge in [-0.05, 0) is 48.8 Å². The van der Waals surface area contributed by atoms with Crippen molar-refractivity contribution in [2.24, 2.45) is 11.3 Å². The van der Waals surface area contributed by atoms with Gasteiger partial charge in [0.2, 0.25) is 0 Å². The molecule has 0 radical (unpaired) electrons. The number of ketones is 1. The van der Waals surface area contributed by atoms with Crippen molar-refractivity contribution >= 4 is 11.5 Å². The number of carbonyl (C=O) groups excluding carboxylic acids is 1. The molecule has 0 aromatic heterocycles. The van der Waals surface area contributed by atoms with Gasteiger partial charge in [0.05, 0.1) is 12.8 Å². The van der Waals surface area contributed by atoms with Gasteiger partial charge in [-0.25, -0.2) is 0 Å². The average Bonchev–Trinajstić information content (AvgIpc) is 2.54. The molecule has 23 heavy (non-hydrogen) atoms. The van der Waals surface area contributed by atoms with Crippen molar-refractivity contribution in [1.29, 1.82) is 0 Å². The summed E-state index contributed by atoms with van der Waals surface area (Å²) in [6.07, 6.45) is 5.55. The van der Waals surface area contributed by atoms with Crippen molar-refractivity contribution in [2.75, 3.05) is 12.4 Å². The molecule has 1 aromatic carbocycles. The smallest absolute Gasteiger partial charge is 0.160 e. The van der Waals surface area contributed by atoms with Crippen molar-refractivity contribution < 1.29 is 9.53 Å². The van der Waals surface area contributed by atoms with Crippen LogP contribution in [0.2, 0.25) is 0 Å². The van der Waals surface area contributed by atoms with Crippen molar-refractivity contribution in [3.05, 3.63) is 35.5 Å². The molecule has 1 saturated carbocycles. The molecular formula is C20H29NO2. The minimum Gasteiger partial charge on any atom is -0.495 e. The first-order valence-corrected chi connectivity index (χ1v) is 8.50. The highest BCUT2D eigenvalue weighted by atomic mass is 16.5. The van der Waals surface area contributed by atoms with Gasteiger partial charge in [0, 0.05) is 18.2 Å². The SMILES string of the molecule is CCC(C)(C)[C@@H]1CCC(=O)/C(=C/Nc2cc(C)ccc2OC)C1. The molecule has 1 aliphatic carbocycles. The van der Waals surface area contributed by atoms with E-state index in [0.717, 1.165) is 41.8 Å². The fourth-order valence-corrected chi connectivity index (χ4v) is 3.14. The molecule has 3 heteroatoms. The van der Waals surface area contributed by atoms with Crippen LogP contribution < -0.4 is 10.1 Å². The molecule has 1 atom stereocenters. The molecule has 0 amide bonds. The van der Waals surface area contributed by atoms with Crippen LogP contribution >= 0.6 is 0 Å². The summed E-state index contributed by atoms with van der Waals surface area (Å²) < 4.78 is 5.38. The molecule has 0 bridgehead atoms. The zero-order valence-corrected chi connectivity index (χ0v) is 15.0. The summed E-state index contributed by atoms with van der Waals surface area (Å²) in [6.45, 7) is 8.89. The van der Waals surface area contributed by atoms with Crippen LogP contribution in [0.3, 0.4) is 0 Å². The van der Waals surface area contributed by atoms with Crippen LogP contribution in [-0.4, -0.2) is 12.9 Å². The molecule has 1 aromatic rings. The Bertz CT molecular complexity index is 602. The van der Waals surface area contributed by atoms with E-state index in [9.17, 15) is 4.79 Å². The quantitative estimate of drug-likeness (QED) is 0.768. The monoisotopic (exact) mass is 315 g/mol. The minimum atomic E-state index is 0.271. The Kier molecular flexibility index (Phi) is 5.51. The molecule has 0 unspecified atom stereocenters. The maximum atomic E-state index is 12.3. The summed E-state index contributed by atoms with van der Waals surface area (Å²) in [7, 11) is 1.66. The van der Waals surface area contributed by atoms with Crippen LogP contribution in [0.4, 0.5) is 5.69 Å². The number of anilines is 1. The van der Waals surface area contributed by atoms with Crippen molar-refractivity contribution in [3.8, 4) is 5.75 Å². The number of ether oxygens (including phenoxy) is 1. The largest absolute Gasteiger partial charge is 0.495 e. The number of allylic oxidation sites excluding steroid dienone is 1. The Morgan fingerprint density at radius 2 is 2.13 bits per heavy atom. The number of hydrogen-bond acceptors (Lipinski definition) is 3. The van der Waals surface area contributed by atoms with Crippen LogP contribution in [0, 0.1) is 18.3 Å². The fraction of sp³-hybridized carbons (Fsp3) is 0.550. The number of Topliss-reactive ketones (excluding diaryl/α,β-unsaturated/α-hetero) is 1. The Hall–Kier alpha value is -1.77. The second-order valence-corrected chi connectivity index (χ2v) is 7.22.